The van der Waals surface area contributed by atoms with Crippen LogP contribution in [0.2, 0.25) is 0 Å². The van der Waals surface area contributed by atoms with Crippen molar-refractivity contribution in [1.82, 2.24) is 20.1 Å². The number of nitrogens with one attached hydrogen (secondary N) is 4. The van der Waals surface area contributed by atoms with Gasteiger partial charge in [0.05, 0.1) is 36.7 Å². The zero-order valence-electron chi connectivity index (χ0n) is 21.5. The molecule has 1 rings (SSSR count). The number of methoxy groups -OCH3 is 2. The van der Waals surface area contributed by atoms with E-state index in [9.17, 15) is 28.8 Å². The first-order valence-corrected chi connectivity index (χ1v) is 17.1. The zero-order valence-corrected chi connectivity index (χ0v) is 27.5. The topological polar surface area (TPSA) is 169 Å². The zero-order chi connectivity index (χ0) is 30.2. The Morgan fingerprint density at radius 3 is 2.08 bits per heavy atom. The Labute approximate surface area is 264 Å². The molecule has 4 atom stereocenters. The fourth-order valence-electron chi connectivity index (χ4n) is 2.65. The van der Waals surface area contributed by atoms with Crippen molar-refractivity contribution in [3.8, 4) is 0 Å². The lowest BCUT2D eigenvalue weighted by molar-refractivity contribution is -0.143. The number of ether oxygens (including phenoxy) is 2. The fraction of sp³-hybridized carbons (Fsp3) is 0.524. The number of esters is 2. The first-order chi connectivity index (χ1) is 19.0. The van der Waals surface area contributed by atoms with Gasteiger partial charge >= 0.3 is 11.9 Å². The van der Waals surface area contributed by atoms with E-state index in [0.29, 0.717) is 17.6 Å². The van der Waals surface area contributed by atoms with E-state index >= 15 is 0 Å². The molecule has 2 amide bonds. The summed E-state index contributed by atoms with van der Waals surface area (Å²) in [5, 5.41) is 6.23. The monoisotopic (exact) mass is 690 g/mol. The summed E-state index contributed by atoms with van der Waals surface area (Å²) in [6.07, 6.45) is 0.710. The van der Waals surface area contributed by atoms with Gasteiger partial charge in [0.2, 0.25) is 5.12 Å². The molecule has 0 radical (unpaired) electrons. The highest BCUT2D eigenvalue weighted by atomic mass is 33.1. The summed E-state index contributed by atoms with van der Waals surface area (Å²) in [7, 11) is 4.70. The van der Waals surface area contributed by atoms with E-state index in [2.05, 4.69) is 58.0 Å². The first-order valence-electron chi connectivity index (χ1n) is 11.2. The molecule has 0 aliphatic carbocycles. The highest BCUT2D eigenvalue weighted by Crippen LogP contribution is 2.24. The number of aldehydes is 1. The summed E-state index contributed by atoms with van der Waals surface area (Å²) in [6, 6.07) is -3.19. The van der Waals surface area contributed by atoms with Crippen molar-refractivity contribution in [2.75, 3.05) is 37.2 Å². The van der Waals surface area contributed by atoms with Gasteiger partial charge in [-0.1, -0.05) is 22.7 Å². The largest absolute Gasteiger partial charge is 0.467 e. The molecule has 40 heavy (non-hydrogen) atoms. The molecule has 0 spiro atoms. The Bertz CT molecular complexity index is 1040. The van der Waals surface area contributed by atoms with Gasteiger partial charge < -0.3 is 24.9 Å². The Hall–Kier alpha value is -1.06. The molecule has 1 heterocycles. The Balaban J connectivity index is 2.88. The van der Waals surface area contributed by atoms with Crippen molar-refractivity contribution >= 4 is 118 Å². The molecule has 0 saturated carbocycles. The van der Waals surface area contributed by atoms with Crippen molar-refractivity contribution in [1.29, 1.82) is 0 Å². The lowest BCUT2D eigenvalue weighted by Gasteiger charge is -2.18. The molecule has 0 aliphatic heterocycles. The van der Waals surface area contributed by atoms with E-state index in [1.807, 2.05) is 0 Å². The summed E-state index contributed by atoms with van der Waals surface area (Å²) < 4.78 is 15.2. The van der Waals surface area contributed by atoms with Crippen molar-refractivity contribution in [2.45, 2.75) is 31.1 Å². The summed E-state index contributed by atoms with van der Waals surface area (Å²) in [4.78, 5) is 72.9. The molecule has 0 bridgehead atoms. The van der Waals surface area contributed by atoms with Gasteiger partial charge in [-0.15, -0.1) is 24.0 Å². The van der Waals surface area contributed by atoms with Crippen LogP contribution in [0.1, 0.15) is 25.6 Å². The second kappa shape index (κ2) is 20.0. The van der Waals surface area contributed by atoms with Crippen LogP contribution >= 0.6 is 82.9 Å². The average molecular weight is 691 g/mol. The quantitative estimate of drug-likeness (QED) is 0.0274. The number of thiol groups is 3. The molecule has 1 aromatic heterocycles. The fourth-order valence-corrected chi connectivity index (χ4v) is 7.51. The molecule has 19 heteroatoms. The maximum Gasteiger partial charge on any atom is 0.329 e. The minimum atomic E-state index is -1.06. The summed E-state index contributed by atoms with van der Waals surface area (Å²) >= 11 is 13.9. The van der Waals surface area contributed by atoms with Gasteiger partial charge in [-0.05, 0) is 23.5 Å². The molecule has 2 unspecified atom stereocenters. The molecule has 224 valence electrons. The SMILES string of the molecule is COC(=O)C(CSN[C@@H](CS)C(=O)S)NC(=O)c1csc(C(=O)NC(CSSN[C@H](C=O)CS)C(=O)OC)c1C. The average Bonchev–Trinajstić information content (AvgIpc) is 3.34. The molecular weight excluding hydrogens is 661 g/mol. The normalized spacial score (nSPS) is 13.8. The third-order valence-corrected chi connectivity index (χ3v) is 10.0. The number of rotatable bonds is 19. The number of hydrogen-bond donors (Lipinski definition) is 7. The highest BCUT2D eigenvalue weighted by molar-refractivity contribution is 8.76. The van der Waals surface area contributed by atoms with Crippen molar-refractivity contribution in [2.24, 2.45) is 0 Å². The van der Waals surface area contributed by atoms with Crippen LogP contribution in [0.5, 0.6) is 0 Å². The predicted octanol–water partition coefficient (Wildman–Crippen LogP) is 0.975. The van der Waals surface area contributed by atoms with E-state index in [4.69, 9.17) is 9.47 Å². The van der Waals surface area contributed by atoms with Gasteiger partial charge in [0, 0.05) is 28.4 Å². The Kier molecular flexibility index (Phi) is 18.4. The molecule has 0 fully saturated rings. The summed E-state index contributed by atoms with van der Waals surface area (Å²) in [6.45, 7) is 1.57. The lowest BCUT2D eigenvalue weighted by atomic mass is 10.1. The number of amides is 2. The number of thiophene rings is 1. The molecule has 1 aromatic rings. The first kappa shape index (κ1) is 37.0. The minimum Gasteiger partial charge on any atom is -0.467 e. The highest BCUT2D eigenvalue weighted by Gasteiger charge is 2.28. The van der Waals surface area contributed by atoms with E-state index < -0.39 is 53.0 Å². The predicted molar refractivity (Wildman–Crippen MR) is 170 cm³/mol. The van der Waals surface area contributed by atoms with Crippen molar-refractivity contribution in [3.05, 3.63) is 21.4 Å². The molecule has 0 aromatic carbocycles. The maximum atomic E-state index is 13.0. The molecule has 4 N–H and O–H groups in total. The molecule has 0 saturated heterocycles. The Morgan fingerprint density at radius 1 is 0.950 bits per heavy atom. The summed E-state index contributed by atoms with van der Waals surface area (Å²) in [5.74, 6) is -1.92. The van der Waals surface area contributed by atoms with Crippen LogP contribution in [-0.4, -0.2) is 96.6 Å². The van der Waals surface area contributed by atoms with Crippen LogP contribution in [0.15, 0.2) is 5.38 Å². The minimum absolute atomic E-state index is 0.0349. The van der Waals surface area contributed by atoms with Gasteiger partial charge in [-0.2, -0.15) is 25.3 Å². The van der Waals surface area contributed by atoms with Crippen molar-refractivity contribution in [3.63, 3.8) is 0 Å². The third-order valence-electron chi connectivity index (χ3n) is 4.88. The van der Waals surface area contributed by atoms with Crippen LogP contribution in [0.4, 0.5) is 0 Å². The summed E-state index contributed by atoms with van der Waals surface area (Å²) in [5.41, 5.74) is 0.510. The molecule has 12 nitrogen and oxygen atoms in total. The van der Waals surface area contributed by atoms with Crippen LogP contribution in [0.25, 0.3) is 0 Å². The smallest absolute Gasteiger partial charge is 0.329 e. The van der Waals surface area contributed by atoms with E-state index in [0.717, 1.165) is 34.3 Å². The van der Waals surface area contributed by atoms with Crippen molar-refractivity contribution < 1.29 is 38.2 Å². The van der Waals surface area contributed by atoms with Crippen LogP contribution in [0, 0.1) is 6.92 Å². The number of carbonyl (C=O) groups excluding carboxylic acids is 6. The van der Waals surface area contributed by atoms with Gasteiger partial charge in [0.15, 0.2) is 0 Å². The van der Waals surface area contributed by atoms with Crippen LogP contribution in [-0.2, 0) is 28.7 Å². The van der Waals surface area contributed by atoms with Gasteiger partial charge in [-0.3, -0.25) is 19.1 Å². The molecular formula is C21H30N4O8S7. The number of carbonyl (C=O) groups is 6. The maximum absolute atomic E-state index is 13.0. The van der Waals surface area contributed by atoms with E-state index in [1.165, 1.54) is 30.4 Å². The van der Waals surface area contributed by atoms with Crippen LogP contribution < -0.4 is 20.1 Å². The third kappa shape index (κ3) is 12.0. The van der Waals surface area contributed by atoms with Gasteiger partial charge in [-0.25, -0.2) is 14.3 Å². The van der Waals surface area contributed by atoms with Gasteiger partial charge in [0.25, 0.3) is 11.8 Å². The second-order valence-electron chi connectivity index (χ2n) is 7.62. The standard InChI is InChI=1S/C21H30N4O8S7/c1-10-12(17(27)22-14(19(29)32-2)8-38-25-13(6-35)21(31)36)7-37-16(10)18(28)23-15(20(30)33-3)9-39-40-24-11(4-26)5-34/h4,7,11,13-15,24-25,34-35H,5-6,8-9H2,1-3H3,(H,22,27)(H,23,28)(H,31,36)/t11-,13+,14?,15?/m1/s1. The van der Waals surface area contributed by atoms with E-state index in [1.54, 1.807) is 6.92 Å². The van der Waals surface area contributed by atoms with E-state index in [-0.39, 0.29) is 27.7 Å². The number of hydrogen-bond acceptors (Lipinski definition) is 16. The second-order valence-corrected chi connectivity index (χ2v) is 12.7. The Morgan fingerprint density at radius 2 is 1.55 bits per heavy atom. The molecule has 0 aliphatic rings. The van der Waals surface area contributed by atoms with Gasteiger partial charge in [0.1, 0.15) is 18.4 Å². The van der Waals surface area contributed by atoms with Crippen LogP contribution in [0.3, 0.4) is 0 Å². The lowest BCUT2D eigenvalue weighted by Crippen LogP contribution is -2.44.